The minimum atomic E-state index is -0.230. The quantitative estimate of drug-likeness (QED) is 0.582. The summed E-state index contributed by atoms with van der Waals surface area (Å²) in [5, 5.41) is 3.19. The van der Waals surface area contributed by atoms with E-state index in [0.717, 1.165) is 19.5 Å². The summed E-state index contributed by atoms with van der Waals surface area (Å²) < 4.78 is 0. The lowest BCUT2D eigenvalue weighted by atomic mass is 10.3. The highest BCUT2D eigenvalue weighted by molar-refractivity contribution is 5.79. The van der Waals surface area contributed by atoms with E-state index in [-0.39, 0.29) is 11.9 Å². The van der Waals surface area contributed by atoms with Crippen molar-refractivity contribution in [1.82, 2.24) is 10.2 Å². The van der Waals surface area contributed by atoms with Crippen molar-refractivity contribution in [2.24, 2.45) is 5.73 Å². The molecule has 1 saturated heterocycles. The van der Waals surface area contributed by atoms with Crippen LogP contribution in [0.3, 0.4) is 0 Å². The standard InChI is InChI=1S/C8H17N3O/c1-6(8(9)12)11-4-3-7(5-11)10-2/h6-7,10H,3-5H2,1-2H3,(H2,9,12). The first-order chi connectivity index (χ1) is 5.65. The summed E-state index contributed by atoms with van der Waals surface area (Å²) in [6, 6.07) is 0.398. The van der Waals surface area contributed by atoms with E-state index in [1.807, 2.05) is 14.0 Å². The maximum absolute atomic E-state index is 10.8. The van der Waals surface area contributed by atoms with Crippen LogP contribution in [0.25, 0.3) is 0 Å². The normalized spacial score (nSPS) is 27.3. The van der Waals surface area contributed by atoms with E-state index in [9.17, 15) is 4.79 Å². The summed E-state index contributed by atoms with van der Waals surface area (Å²) in [5.74, 6) is -0.230. The molecule has 1 amide bonds. The Balaban J connectivity index is 2.41. The minimum Gasteiger partial charge on any atom is -0.368 e. The number of likely N-dealkylation sites (N-methyl/N-ethyl adjacent to an activating group) is 1. The Kier molecular flexibility index (Phi) is 3.05. The molecule has 0 saturated carbocycles. The molecule has 0 aliphatic carbocycles. The number of primary amides is 1. The monoisotopic (exact) mass is 171 g/mol. The Morgan fingerprint density at radius 1 is 1.75 bits per heavy atom. The molecular formula is C8H17N3O. The first-order valence-corrected chi connectivity index (χ1v) is 4.35. The number of nitrogens with zero attached hydrogens (tertiary/aromatic N) is 1. The minimum absolute atomic E-state index is 0.122. The molecule has 0 spiro atoms. The van der Waals surface area contributed by atoms with E-state index >= 15 is 0 Å². The van der Waals surface area contributed by atoms with Gasteiger partial charge in [0.15, 0.2) is 0 Å². The average Bonchev–Trinajstić information content (AvgIpc) is 2.50. The predicted octanol–water partition coefficient (Wildman–Crippen LogP) is -0.846. The maximum atomic E-state index is 10.8. The molecule has 1 fully saturated rings. The molecule has 3 N–H and O–H groups in total. The van der Waals surface area contributed by atoms with Gasteiger partial charge in [-0.2, -0.15) is 0 Å². The molecule has 2 unspecified atom stereocenters. The summed E-state index contributed by atoms with van der Waals surface area (Å²) in [7, 11) is 1.95. The zero-order valence-corrected chi connectivity index (χ0v) is 7.71. The Bertz CT molecular complexity index is 172. The first kappa shape index (κ1) is 9.48. The van der Waals surface area contributed by atoms with Crippen LogP contribution in [0.4, 0.5) is 0 Å². The molecule has 0 aromatic heterocycles. The summed E-state index contributed by atoms with van der Waals surface area (Å²) >= 11 is 0. The number of likely N-dealkylation sites (tertiary alicyclic amines) is 1. The van der Waals surface area contributed by atoms with Crippen molar-refractivity contribution < 1.29 is 4.79 Å². The van der Waals surface area contributed by atoms with E-state index < -0.39 is 0 Å². The van der Waals surface area contributed by atoms with Crippen LogP contribution in [0, 0.1) is 0 Å². The Hall–Kier alpha value is -0.610. The molecule has 4 nitrogen and oxygen atoms in total. The van der Waals surface area contributed by atoms with Gasteiger partial charge in [-0.05, 0) is 20.4 Å². The van der Waals surface area contributed by atoms with Crippen molar-refractivity contribution in [3.63, 3.8) is 0 Å². The second-order valence-electron chi connectivity index (χ2n) is 3.35. The predicted molar refractivity (Wildman–Crippen MR) is 47.7 cm³/mol. The van der Waals surface area contributed by atoms with Gasteiger partial charge >= 0.3 is 0 Å². The van der Waals surface area contributed by atoms with Crippen LogP contribution in [0.15, 0.2) is 0 Å². The van der Waals surface area contributed by atoms with Crippen LogP contribution in [-0.4, -0.2) is 43.0 Å². The van der Waals surface area contributed by atoms with Gasteiger partial charge in [0.05, 0.1) is 6.04 Å². The van der Waals surface area contributed by atoms with Gasteiger partial charge in [-0.1, -0.05) is 0 Å². The van der Waals surface area contributed by atoms with Crippen LogP contribution in [0.5, 0.6) is 0 Å². The molecule has 1 rings (SSSR count). The highest BCUT2D eigenvalue weighted by Crippen LogP contribution is 2.11. The Morgan fingerprint density at radius 3 is 2.83 bits per heavy atom. The summed E-state index contributed by atoms with van der Waals surface area (Å²) in [6.45, 7) is 3.76. The Morgan fingerprint density at radius 2 is 2.42 bits per heavy atom. The molecule has 0 bridgehead atoms. The van der Waals surface area contributed by atoms with Gasteiger partial charge in [-0.15, -0.1) is 0 Å². The molecular weight excluding hydrogens is 154 g/mol. The molecule has 1 aliphatic rings. The maximum Gasteiger partial charge on any atom is 0.234 e. The van der Waals surface area contributed by atoms with Crippen LogP contribution >= 0.6 is 0 Å². The molecule has 0 aromatic rings. The van der Waals surface area contributed by atoms with E-state index in [2.05, 4.69) is 10.2 Å². The largest absolute Gasteiger partial charge is 0.368 e. The molecule has 1 heterocycles. The zero-order chi connectivity index (χ0) is 9.14. The van der Waals surface area contributed by atoms with Crippen molar-refractivity contribution >= 4 is 5.91 Å². The van der Waals surface area contributed by atoms with E-state index in [1.165, 1.54) is 0 Å². The molecule has 70 valence electrons. The van der Waals surface area contributed by atoms with E-state index in [4.69, 9.17) is 5.73 Å². The number of carbonyl (C=O) groups is 1. The van der Waals surface area contributed by atoms with E-state index in [1.54, 1.807) is 0 Å². The van der Waals surface area contributed by atoms with Crippen molar-refractivity contribution in [2.75, 3.05) is 20.1 Å². The number of carbonyl (C=O) groups excluding carboxylic acids is 1. The lowest BCUT2D eigenvalue weighted by Crippen LogP contribution is -2.42. The lowest BCUT2D eigenvalue weighted by molar-refractivity contribution is -0.122. The third kappa shape index (κ3) is 1.95. The van der Waals surface area contributed by atoms with Gasteiger partial charge in [0.25, 0.3) is 0 Å². The van der Waals surface area contributed by atoms with Gasteiger partial charge in [-0.3, -0.25) is 9.69 Å². The number of hydrogen-bond donors (Lipinski definition) is 2. The molecule has 0 radical (unpaired) electrons. The average molecular weight is 171 g/mol. The van der Waals surface area contributed by atoms with Crippen LogP contribution in [0.2, 0.25) is 0 Å². The first-order valence-electron chi connectivity index (χ1n) is 4.35. The van der Waals surface area contributed by atoms with Gasteiger partial charge in [0.1, 0.15) is 0 Å². The third-order valence-electron chi connectivity index (χ3n) is 2.59. The van der Waals surface area contributed by atoms with Crippen LogP contribution in [-0.2, 0) is 4.79 Å². The van der Waals surface area contributed by atoms with Crippen molar-refractivity contribution in [1.29, 1.82) is 0 Å². The van der Waals surface area contributed by atoms with E-state index in [0.29, 0.717) is 6.04 Å². The van der Waals surface area contributed by atoms with Crippen LogP contribution in [0.1, 0.15) is 13.3 Å². The highest BCUT2D eigenvalue weighted by atomic mass is 16.1. The number of rotatable bonds is 3. The topological polar surface area (TPSA) is 58.4 Å². The molecule has 1 aliphatic heterocycles. The highest BCUT2D eigenvalue weighted by Gasteiger charge is 2.27. The van der Waals surface area contributed by atoms with Gasteiger partial charge in [0, 0.05) is 19.1 Å². The number of hydrogen-bond acceptors (Lipinski definition) is 3. The molecule has 2 atom stereocenters. The van der Waals surface area contributed by atoms with Crippen molar-refractivity contribution in [3.8, 4) is 0 Å². The SMILES string of the molecule is CNC1CCN(C(C)C(N)=O)C1. The number of nitrogens with two attached hydrogens (primary N) is 1. The molecule has 12 heavy (non-hydrogen) atoms. The third-order valence-corrected chi connectivity index (χ3v) is 2.59. The fourth-order valence-corrected chi connectivity index (χ4v) is 1.55. The fraction of sp³-hybridized carbons (Fsp3) is 0.875. The molecule has 0 aromatic carbocycles. The van der Waals surface area contributed by atoms with Crippen molar-refractivity contribution in [3.05, 3.63) is 0 Å². The zero-order valence-electron chi connectivity index (χ0n) is 7.71. The summed E-state index contributed by atoms with van der Waals surface area (Å²) in [5.41, 5.74) is 5.20. The second kappa shape index (κ2) is 3.87. The second-order valence-corrected chi connectivity index (χ2v) is 3.35. The molecule has 4 heteroatoms. The smallest absolute Gasteiger partial charge is 0.234 e. The van der Waals surface area contributed by atoms with Crippen molar-refractivity contribution in [2.45, 2.75) is 25.4 Å². The summed E-state index contributed by atoms with van der Waals surface area (Å²) in [4.78, 5) is 13.0. The fourth-order valence-electron chi connectivity index (χ4n) is 1.55. The summed E-state index contributed by atoms with van der Waals surface area (Å²) in [6.07, 6.45) is 1.11. The Labute approximate surface area is 73.1 Å². The van der Waals surface area contributed by atoms with Gasteiger partial charge in [0.2, 0.25) is 5.91 Å². The number of nitrogens with one attached hydrogen (secondary N) is 1. The van der Waals surface area contributed by atoms with Crippen LogP contribution < -0.4 is 11.1 Å². The number of amides is 1. The van der Waals surface area contributed by atoms with Gasteiger partial charge < -0.3 is 11.1 Å². The lowest BCUT2D eigenvalue weighted by Gasteiger charge is -2.20. The van der Waals surface area contributed by atoms with Gasteiger partial charge in [-0.25, -0.2) is 0 Å².